The summed E-state index contributed by atoms with van der Waals surface area (Å²) < 4.78 is 1.29. The van der Waals surface area contributed by atoms with E-state index in [9.17, 15) is 9.90 Å². The lowest BCUT2D eigenvalue weighted by Crippen LogP contribution is -2.21. The Morgan fingerprint density at radius 1 is 1.56 bits per heavy atom. The molecule has 1 atom stereocenters. The summed E-state index contributed by atoms with van der Waals surface area (Å²) in [7, 11) is 0. The number of hydrogen-bond donors (Lipinski definition) is 3. The molecule has 0 saturated carbocycles. The minimum Gasteiger partial charge on any atom is -0.394 e. The van der Waals surface area contributed by atoms with Crippen molar-refractivity contribution >= 4 is 11.2 Å². The van der Waals surface area contributed by atoms with E-state index in [1.165, 1.54) is 4.68 Å². The van der Waals surface area contributed by atoms with Crippen LogP contribution in [0.2, 0.25) is 0 Å². The lowest BCUT2D eigenvalue weighted by atomic mass is 10.4. The van der Waals surface area contributed by atoms with E-state index in [1.54, 1.807) is 6.92 Å². The van der Waals surface area contributed by atoms with E-state index in [0.29, 0.717) is 11.5 Å². The van der Waals surface area contributed by atoms with Crippen molar-refractivity contribution in [3.8, 4) is 0 Å². The second-order valence-electron chi connectivity index (χ2n) is 3.43. The normalized spacial score (nSPS) is 13.2. The van der Waals surface area contributed by atoms with Gasteiger partial charge < -0.3 is 15.2 Å². The number of fused-ring (bicyclic) bond motifs is 1. The molecule has 0 amide bonds. The zero-order valence-corrected chi connectivity index (χ0v) is 8.58. The highest BCUT2D eigenvalue weighted by Gasteiger charge is 2.13. The highest BCUT2D eigenvalue weighted by Crippen LogP contribution is 2.03. The number of nitrogens with one attached hydrogen (secondary N) is 1. The molecule has 0 radical (unpaired) electrons. The number of aliphatic hydroxyl groups is 2. The molecule has 3 N–H and O–H groups in total. The Labute approximate surface area is 89.6 Å². The van der Waals surface area contributed by atoms with Crippen molar-refractivity contribution in [3.63, 3.8) is 0 Å². The summed E-state index contributed by atoms with van der Waals surface area (Å²) >= 11 is 0. The van der Waals surface area contributed by atoms with Gasteiger partial charge in [-0.3, -0.25) is 4.79 Å². The van der Waals surface area contributed by atoms with Crippen LogP contribution in [-0.2, 0) is 6.54 Å². The van der Waals surface area contributed by atoms with Crippen LogP contribution in [0.1, 0.15) is 5.82 Å². The Hall–Kier alpha value is -1.80. The molecule has 0 spiro atoms. The Balaban J connectivity index is 2.51. The van der Waals surface area contributed by atoms with Crippen LogP contribution in [0.15, 0.2) is 4.79 Å². The molecule has 0 aliphatic carbocycles. The molecule has 0 aromatic carbocycles. The van der Waals surface area contributed by atoms with Crippen LogP contribution in [0.4, 0.5) is 0 Å². The van der Waals surface area contributed by atoms with Crippen molar-refractivity contribution in [3.05, 3.63) is 16.2 Å². The Morgan fingerprint density at radius 3 is 3.00 bits per heavy atom. The molecular weight excluding hydrogens is 214 g/mol. The fourth-order valence-corrected chi connectivity index (χ4v) is 1.36. The molecule has 16 heavy (non-hydrogen) atoms. The number of hydrogen-bond acceptors (Lipinski definition) is 6. The fourth-order valence-electron chi connectivity index (χ4n) is 1.36. The first-order valence-corrected chi connectivity index (χ1v) is 4.71. The summed E-state index contributed by atoms with van der Waals surface area (Å²) in [5, 5.41) is 25.3. The van der Waals surface area contributed by atoms with Crippen LogP contribution in [0, 0.1) is 6.92 Å². The van der Waals surface area contributed by atoms with Crippen molar-refractivity contribution < 1.29 is 10.2 Å². The average molecular weight is 225 g/mol. The van der Waals surface area contributed by atoms with Crippen molar-refractivity contribution in [1.29, 1.82) is 0 Å². The predicted molar refractivity (Wildman–Crippen MR) is 53.8 cm³/mol. The molecule has 2 rings (SSSR count). The van der Waals surface area contributed by atoms with Crippen molar-refractivity contribution in [2.45, 2.75) is 19.6 Å². The molecule has 0 aliphatic rings. The van der Waals surface area contributed by atoms with Gasteiger partial charge in [0, 0.05) is 0 Å². The average Bonchev–Trinajstić information content (AvgIpc) is 2.61. The summed E-state index contributed by atoms with van der Waals surface area (Å²) in [6.07, 6.45) is -0.953. The number of aryl methyl sites for hydroxylation is 1. The predicted octanol–water partition coefficient (Wildman–Crippen LogP) is -1.82. The van der Waals surface area contributed by atoms with Gasteiger partial charge in [0.05, 0.1) is 19.3 Å². The maximum absolute atomic E-state index is 11.4. The van der Waals surface area contributed by atoms with E-state index in [0.717, 1.165) is 0 Å². The number of aromatic nitrogens is 5. The number of H-pyrrole nitrogens is 1. The van der Waals surface area contributed by atoms with Crippen LogP contribution in [-0.4, -0.2) is 47.9 Å². The monoisotopic (exact) mass is 225 g/mol. The van der Waals surface area contributed by atoms with Gasteiger partial charge >= 0.3 is 0 Å². The lowest BCUT2D eigenvalue weighted by Gasteiger charge is -2.06. The second kappa shape index (κ2) is 3.99. The molecule has 2 heterocycles. The van der Waals surface area contributed by atoms with Crippen molar-refractivity contribution in [1.82, 2.24) is 25.0 Å². The van der Waals surface area contributed by atoms with Gasteiger partial charge in [-0.15, -0.1) is 5.10 Å². The molecule has 8 nitrogen and oxygen atoms in total. The zero-order valence-electron chi connectivity index (χ0n) is 8.58. The molecule has 0 bridgehead atoms. The summed E-state index contributed by atoms with van der Waals surface area (Å²) in [4.78, 5) is 18.0. The molecule has 8 heteroatoms. The Bertz CT molecular complexity index is 560. The van der Waals surface area contributed by atoms with Gasteiger partial charge in [-0.05, 0) is 6.92 Å². The van der Waals surface area contributed by atoms with Gasteiger partial charge in [0.1, 0.15) is 5.82 Å². The maximum Gasteiger partial charge on any atom is 0.281 e. The standard InChI is InChI=1S/C8H11N5O3/c1-4-9-7-6(8(16)10-4)11-12-13(7)2-5(15)3-14/h5,14-15H,2-3H2,1H3,(H,9,10,16)/t5-/m1/s1. The van der Waals surface area contributed by atoms with Gasteiger partial charge in [0.25, 0.3) is 5.56 Å². The topological polar surface area (TPSA) is 117 Å². The number of aromatic amines is 1. The van der Waals surface area contributed by atoms with Gasteiger partial charge in [0.15, 0.2) is 11.2 Å². The van der Waals surface area contributed by atoms with E-state index in [1.807, 2.05) is 0 Å². The van der Waals surface area contributed by atoms with Crippen molar-refractivity contribution in [2.75, 3.05) is 6.61 Å². The molecule has 2 aromatic rings. The quantitative estimate of drug-likeness (QED) is 0.566. The first kappa shape index (κ1) is 10.7. The Morgan fingerprint density at radius 2 is 2.31 bits per heavy atom. The first-order valence-electron chi connectivity index (χ1n) is 4.71. The van der Waals surface area contributed by atoms with Gasteiger partial charge in [-0.1, -0.05) is 5.21 Å². The molecule has 0 saturated heterocycles. The van der Waals surface area contributed by atoms with Crippen LogP contribution in [0.3, 0.4) is 0 Å². The number of aliphatic hydroxyl groups excluding tert-OH is 2. The molecule has 2 aromatic heterocycles. The molecular formula is C8H11N5O3. The van der Waals surface area contributed by atoms with Crippen LogP contribution < -0.4 is 5.56 Å². The lowest BCUT2D eigenvalue weighted by molar-refractivity contribution is 0.0787. The largest absolute Gasteiger partial charge is 0.394 e. The van der Waals surface area contributed by atoms with E-state index < -0.39 is 6.10 Å². The third kappa shape index (κ3) is 1.79. The van der Waals surface area contributed by atoms with Gasteiger partial charge in [-0.2, -0.15) is 0 Å². The highest BCUT2D eigenvalue weighted by molar-refractivity contribution is 5.67. The third-order valence-corrected chi connectivity index (χ3v) is 2.09. The summed E-state index contributed by atoms with van der Waals surface area (Å²) in [6, 6.07) is 0. The van der Waals surface area contributed by atoms with Gasteiger partial charge in [0.2, 0.25) is 0 Å². The van der Waals surface area contributed by atoms with Crippen LogP contribution >= 0.6 is 0 Å². The third-order valence-electron chi connectivity index (χ3n) is 2.09. The zero-order chi connectivity index (χ0) is 11.7. The van der Waals surface area contributed by atoms with Crippen molar-refractivity contribution in [2.24, 2.45) is 0 Å². The van der Waals surface area contributed by atoms with E-state index in [-0.39, 0.29) is 24.2 Å². The molecule has 0 unspecified atom stereocenters. The molecule has 0 aliphatic heterocycles. The van der Waals surface area contributed by atoms with E-state index in [2.05, 4.69) is 20.3 Å². The molecule has 86 valence electrons. The van der Waals surface area contributed by atoms with Gasteiger partial charge in [-0.25, -0.2) is 9.67 Å². The number of rotatable bonds is 3. The fraction of sp³-hybridized carbons (Fsp3) is 0.500. The summed E-state index contributed by atoms with van der Waals surface area (Å²) in [5.41, 5.74) is 0.0525. The first-order chi connectivity index (χ1) is 7.61. The van der Waals surface area contributed by atoms with E-state index in [4.69, 9.17) is 5.11 Å². The Kier molecular flexibility index (Phi) is 2.67. The van der Waals surface area contributed by atoms with E-state index >= 15 is 0 Å². The maximum atomic E-state index is 11.4. The minimum absolute atomic E-state index is 0.0445. The summed E-state index contributed by atoms with van der Waals surface area (Å²) in [5.74, 6) is 0.444. The molecule has 0 fully saturated rings. The van der Waals surface area contributed by atoms with Crippen LogP contribution in [0.25, 0.3) is 11.2 Å². The SMILES string of the molecule is Cc1nc2c(nnn2C[C@@H](O)CO)c(=O)[nH]1. The smallest absolute Gasteiger partial charge is 0.281 e. The summed E-state index contributed by atoms with van der Waals surface area (Å²) in [6.45, 7) is 1.30. The number of nitrogens with zero attached hydrogens (tertiary/aromatic N) is 4. The second-order valence-corrected chi connectivity index (χ2v) is 3.43. The van der Waals surface area contributed by atoms with Crippen LogP contribution in [0.5, 0.6) is 0 Å². The highest BCUT2D eigenvalue weighted by atomic mass is 16.3. The minimum atomic E-state index is -0.953.